The Morgan fingerprint density at radius 3 is 2.45 bits per heavy atom. The third kappa shape index (κ3) is 5.51. The predicted octanol–water partition coefficient (Wildman–Crippen LogP) is 3.58. The van der Waals surface area contributed by atoms with E-state index in [2.05, 4.69) is 10.6 Å². The van der Waals surface area contributed by atoms with Crippen LogP contribution in [0, 0.1) is 11.6 Å². The number of sulfonamides is 1. The minimum absolute atomic E-state index is 0.154. The monoisotopic (exact) mass is 423 g/mol. The Bertz CT molecular complexity index is 975. The van der Waals surface area contributed by atoms with Crippen LogP contribution in [0.3, 0.4) is 0 Å². The predicted molar refractivity (Wildman–Crippen MR) is 107 cm³/mol. The van der Waals surface area contributed by atoms with Crippen LogP contribution in [-0.4, -0.2) is 38.3 Å². The maximum Gasteiger partial charge on any atom is 0.243 e. The number of carbonyl (C=O) groups excluding carboxylic acids is 1. The highest BCUT2D eigenvalue weighted by molar-refractivity contribution is 7.89. The molecular weight excluding hydrogens is 400 g/mol. The van der Waals surface area contributed by atoms with Crippen LogP contribution in [-0.2, 0) is 14.8 Å². The highest BCUT2D eigenvalue weighted by atomic mass is 32.2. The number of nitrogens with zero attached hydrogens (tertiary/aromatic N) is 1. The van der Waals surface area contributed by atoms with E-state index < -0.39 is 27.6 Å². The first-order chi connectivity index (χ1) is 13.9. The average molecular weight is 423 g/mol. The number of rotatable bonds is 6. The molecule has 0 radical (unpaired) electrons. The lowest BCUT2D eigenvalue weighted by molar-refractivity contribution is -0.114. The molecule has 0 spiro atoms. The van der Waals surface area contributed by atoms with Crippen molar-refractivity contribution in [2.75, 3.05) is 30.3 Å². The van der Waals surface area contributed by atoms with E-state index >= 15 is 0 Å². The van der Waals surface area contributed by atoms with E-state index in [9.17, 15) is 22.0 Å². The van der Waals surface area contributed by atoms with E-state index in [1.807, 2.05) is 0 Å². The Morgan fingerprint density at radius 1 is 1.00 bits per heavy atom. The van der Waals surface area contributed by atoms with Crippen molar-refractivity contribution < 1.29 is 22.0 Å². The van der Waals surface area contributed by atoms with Gasteiger partial charge in [-0.1, -0.05) is 18.9 Å². The van der Waals surface area contributed by atoms with E-state index in [1.54, 1.807) is 12.1 Å². The van der Waals surface area contributed by atoms with Crippen molar-refractivity contribution in [3.05, 3.63) is 54.1 Å². The minimum atomic E-state index is -3.60. The van der Waals surface area contributed by atoms with Crippen LogP contribution < -0.4 is 10.6 Å². The second-order valence-electron chi connectivity index (χ2n) is 6.87. The summed E-state index contributed by atoms with van der Waals surface area (Å²) in [6, 6.07) is 9.00. The first kappa shape index (κ1) is 21.2. The van der Waals surface area contributed by atoms with Crippen molar-refractivity contribution in [3.8, 4) is 0 Å². The normalized spacial score (nSPS) is 15.5. The van der Waals surface area contributed by atoms with Crippen LogP contribution >= 0.6 is 0 Å². The molecule has 1 amide bonds. The van der Waals surface area contributed by atoms with Crippen molar-refractivity contribution in [1.82, 2.24) is 4.31 Å². The Balaban J connectivity index is 1.65. The SMILES string of the molecule is O=C(CNc1cccc(S(=O)(=O)N2CCCCCC2)c1)Nc1cc(F)ccc1F. The Kier molecular flexibility index (Phi) is 6.81. The van der Waals surface area contributed by atoms with Crippen molar-refractivity contribution in [3.63, 3.8) is 0 Å². The zero-order chi connectivity index (χ0) is 20.9. The number of benzene rings is 2. The molecule has 1 heterocycles. The Hall–Kier alpha value is -2.52. The summed E-state index contributed by atoms with van der Waals surface area (Å²) in [6.07, 6.45) is 3.73. The summed E-state index contributed by atoms with van der Waals surface area (Å²) in [5, 5.41) is 5.10. The number of amides is 1. The summed E-state index contributed by atoms with van der Waals surface area (Å²) in [6.45, 7) is 0.770. The summed E-state index contributed by atoms with van der Waals surface area (Å²) >= 11 is 0. The van der Waals surface area contributed by atoms with Gasteiger partial charge in [0.05, 0.1) is 17.1 Å². The molecule has 156 valence electrons. The molecular formula is C20H23F2N3O3S. The molecule has 0 bridgehead atoms. The summed E-state index contributed by atoms with van der Waals surface area (Å²) in [4.78, 5) is 12.2. The average Bonchev–Trinajstić information content (AvgIpc) is 2.99. The number of halogens is 2. The van der Waals surface area contributed by atoms with Crippen LogP contribution in [0.1, 0.15) is 25.7 Å². The molecule has 2 aromatic carbocycles. The first-order valence-electron chi connectivity index (χ1n) is 9.45. The molecule has 3 rings (SSSR count). The van der Waals surface area contributed by atoms with Crippen molar-refractivity contribution in [2.45, 2.75) is 30.6 Å². The van der Waals surface area contributed by atoms with Crippen molar-refractivity contribution in [2.24, 2.45) is 0 Å². The molecule has 0 aliphatic carbocycles. The molecule has 1 saturated heterocycles. The standard InChI is InChI=1S/C20H23F2N3O3S/c21-15-8-9-18(22)19(12-15)24-20(26)14-23-16-6-5-7-17(13-16)29(27,28)25-10-3-1-2-4-11-25/h5-9,12-13,23H,1-4,10-11,14H2,(H,24,26). The fourth-order valence-corrected chi connectivity index (χ4v) is 4.73. The molecule has 9 heteroatoms. The maximum atomic E-state index is 13.6. The quantitative estimate of drug-likeness (QED) is 0.745. The molecule has 0 aromatic heterocycles. The molecule has 2 aromatic rings. The highest BCUT2D eigenvalue weighted by Gasteiger charge is 2.25. The molecule has 29 heavy (non-hydrogen) atoms. The molecule has 0 atom stereocenters. The smallest absolute Gasteiger partial charge is 0.243 e. The number of hydrogen-bond donors (Lipinski definition) is 2. The Morgan fingerprint density at radius 2 is 1.72 bits per heavy atom. The molecule has 1 fully saturated rings. The lowest BCUT2D eigenvalue weighted by atomic mass is 10.2. The van der Waals surface area contributed by atoms with Crippen LogP contribution in [0.25, 0.3) is 0 Å². The van der Waals surface area contributed by atoms with E-state index in [0.29, 0.717) is 18.8 Å². The molecule has 0 saturated carbocycles. The fraction of sp³-hybridized carbons (Fsp3) is 0.350. The first-order valence-corrected chi connectivity index (χ1v) is 10.9. The van der Waals surface area contributed by atoms with E-state index in [0.717, 1.165) is 43.9 Å². The Labute approximate surface area is 169 Å². The zero-order valence-corrected chi connectivity index (χ0v) is 16.6. The summed E-state index contributed by atoms with van der Waals surface area (Å²) < 4.78 is 54.1. The van der Waals surface area contributed by atoms with Crippen LogP contribution in [0.5, 0.6) is 0 Å². The van der Waals surface area contributed by atoms with E-state index in [1.165, 1.54) is 16.4 Å². The molecule has 6 nitrogen and oxygen atoms in total. The molecule has 1 aliphatic rings. The van der Waals surface area contributed by atoms with Gasteiger partial charge in [-0.15, -0.1) is 0 Å². The summed E-state index contributed by atoms with van der Waals surface area (Å²) in [7, 11) is -3.60. The van der Waals surface area contributed by atoms with Gasteiger partial charge in [0.25, 0.3) is 0 Å². The van der Waals surface area contributed by atoms with Gasteiger partial charge in [-0.2, -0.15) is 4.31 Å². The largest absolute Gasteiger partial charge is 0.376 e. The second-order valence-corrected chi connectivity index (χ2v) is 8.81. The van der Waals surface area contributed by atoms with Crippen LogP contribution in [0.4, 0.5) is 20.2 Å². The van der Waals surface area contributed by atoms with E-state index in [-0.39, 0.29) is 17.1 Å². The summed E-state index contributed by atoms with van der Waals surface area (Å²) in [5.41, 5.74) is 0.185. The fourth-order valence-electron chi connectivity index (χ4n) is 3.17. The van der Waals surface area contributed by atoms with Crippen LogP contribution in [0.2, 0.25) is 0 Å². The number of anilines is 2. The van der Waals surface area contributed by atoms with Gasteiger partial charge in [-0.25, -0.2) is 17.2 Å². The summed E-state index contributed by atoms with van der Waals surface area (Å²) in [5.74, 6) is -2.00. The maximum absolute atomic E-state index is 13.6. The van der Waals surface area contributed by atoms with Crippen molar-refractivity contribution >= 4 is 27.3 Å². The lowest BCUT2D eigenvalue weighted by Gasteiger charge is -2.20. The topological polar surface area (TPSA) is 78.5 Å². The molecule has 1 aliphatic heterocycles. The zero-order valence-electron chi connectivity index (χ0n) is 15.8. The number of hydrogen-bond acceptors (Lipinski definition) is 4. The van der Waals surface area contributed by atoms with E-state index in [4.69, 9.17) is 0 Å². The van der Waals surface area contributed by atoms with Gasteiger partial charge in [0.2, 0.25) is 15.9 Å². The molecule has 2 N–H and O–H groups in total. The van der Waals surface area contributed by atoms with Gasteiger partial charge in [0, 0.05) is 24.8 Å². The minimum Gasteiger partial charge on any atom is -0.376 e. The third-order valence-corrected chi connectivity index (χ3v) is 6.59. The number of carbonyl (C=O) groups is 1. The van der Waals surface area contributed by atoms with Gasteiger partial charge in [-0.05, 0) is 43.2 Å². The van der Waals surface area contributed by atoms with Gasteiger partial charge < -0.3 is 10.6 Å². The van der Waals surface area contributed by atoms with Gasteiger partial charge >= 0.3 is 0 Å². The highest BCUT2D eigenvalue weighted by Crippen LogP contribution is 2.22. The molecule has 0 unspecified atom stereocenters. The van der Waals surface area contributed by atoms with Gasteiger partial charge in [-0.3, -0.25) is 4.79 Å². The third-order valence-electron chi connectivity index (χ3n) is 4.69. The van der Waals surface area contributed by atoms with Gasteiger partial charge in [0.1, 0.15) is 11.6 Å². The lowest BCUT2D eigenvalue weighted by Crippen LogP contribution is -2.32. The number of nitrogens with one attached hydrogen (secondary N) is 2. The van der Waals surface area contributed by atoms with Crippen LogP contribution in [0.15, 0.2) is 47.4 Å². The van der Waals surface area contributed by atoms with Gasteiger partial charge in [0.15, 0.2) is 0 Å². The second kappa shape index (κ2) is 9.32. The van der Waals surface area contributed by atoms with Crippen molar-refractivity contribution in [1.29, 1.82) is 0 Å².